The Morgan fingerprint density at radius 2 is 1.95 bits per heavy atom. The average molecular weight is 574 g/mol. The molecule has 1 saturated heterocycles. The van der Waals surface area contributed by atoms with Gasteiger partial charge in [0.1, 0.15) is 18.0 Å². The summed E-state index contributed by atoms with van der Waals surface area (Å²) >= 11 is 0. The Morgan fingerprint density at radius 1 is 1.20 bits per heavy atom. The third-order valence-corrected chi connectivity index (χ3v) is 8.34. The van der Waals surface area contributed by atoms with Gasteiger partial charge in [-0.05, 0) is 58.6 Å². The van der Waals surface area contributed by atoms with E-state index in [4.69, 9.17) is 24.3 Å². The molecule has 1 aliphatic carbocycles. The van der Waals surface area contributed by atoms with Crippen LogP contribution < -0.4 is 20.2 Å². The number of carbonyl (C=O) groups excluding carboxylic acids is 1. The second kappa shape index (κ2) is 11.7. The van der Waals surface area contributed by atoms with Gasteiger partial charge in [0.15, 0.2) is 17.0 Å². The molecule has 1 aromatic carbocycles. The smallest absolute Gasteiger partial charge is 0.459 e. The van der Waals surface area contributed by atoms with Crippen LogP contribution >= 0.6 is 7.75 Å². The number of aromatic nitrogens is 4. The van der Waals surface area contributed by atoms with E-state index in [0.717, 1.165) is 12.8 Å². The molecular weight excluding hydrogens is 537 g/mol. The van der Waals surface area contributed by atoms with Crippen molar-refractivity contribution in [2.75, 3.05) is 24.3 Å². The number of imidazole rings is 1. The number of esters is 1. The molecule has 2 fully saturated rings. The van der Waals surface area contributed by atoms with Crippen molar-refractivity contribution in [1.82, 2.24) is 24.6 Å². The van der Waals surface area contributed by atoms with Gasteiger partial charge in [0.05, 0.1) is 25.1 Å². The Bertz CT molecular complexity index is 1380. The molecule has 0 spiro atoms. The maximum atomic E-state index is 13.8. The highest BCUT2D eigenvalue weighted by Gasteiger charge is 2.36. The number of benzene rings is 1. The number of carbonyl (C=O) groups is 1. The lowest BCUT2D eigenvalue weighted by Crippen LogP contribution is -2.36. The first kappa shape index (κ1) is 28.3. The van der Waals surface area contributed by atoms with E-state index in [-0.39, 0.29) is 31.0 Å². The van der Waals surface area contributed by atoms with Crippen LogP contribution in [0.1, 0.15) is 52.7 Å². The zero-order chi connectivity index (χ0) is 28.4. The van der Waals surface area contributed by atoms with Crippen molar-refractivity contribution < 1.29 is 27.9 Å². The van der Waals surface area contributed by atoms with Crippen LogP contribution in [0.2, 0.25) is 0 Å². The minimum absolute atomic E-state index is 0.0288. The van der Waals surface area contributed by atoms with Crippen LogP contribution in [0.5, 0.6) is 5.75 Å². The molecule has 3 heterocycles. The van der Waals surface area contributed by atoms with Gasteiger partial charge in [0.2, 0.25) is 5.95 Å². The van der Waals surface area contributed by atoms with Crippen LogP contribution in [-0.4, -0.2) is 63.4 Å². The van der Waals surface area contributed by atoms with E-state index in [1.165, 1.54) is 0 Å². The molecule has 2 aromatic heterocycles. The Hall–Kier alpha value is -3.25. The van der Waals surface area contributed by atoms with Crippen molar-refractivity contribution in [3.05, 3.63) is 36.7 Å². The molecule has 14 heteroatoms. The van der Waals surface area contributed by atoms with Crippen LogP contribution in [0.3, 0.4) is 0 Å². The van der Waals surface area contributed by atoms with Gasteiger partial charge >= 0.3 is 13.7 Å². The van der Waals surface area contributed by atoms with E-state index >= 15 is 0 Å². The second-order valence-electron chi connectivity index (χ2n) is 10.4. The van der Waals surface area contributed by atoms with Crippen molar-refractivity contribution in [3.63, 3.8) is 0 Å². The van der Waals surface area contributed by atoms with Gasteiger partial charge < -0.3 is 24.6 Å². The average Bonchev–Trinajstić information content (AvgIpc) is 3.51. The summed E-state index contributed by atoms with van der Waals surface area (Å²) in [7, 11) is -2.00. The number of nitrogen functional groups attached to an aromatic ring is 1. The van der Waals surface area contributed by atoms with Gasteiger partial charge in [0, 0.05) is 13.1 Å². The summed E-state index contributed by atoms with van der Waals surface area (Å²) in [5, 5.41) is 2.70. The van der Waals surface area contributed by atoms with E-state index in [1.54, 1.807) is 51.4 Å². The maximum Gasteiger partial charge on any atom is 0.459 e. The van der Waals surface area contributed by atoms with Crippen molar-refractivity contribution in [3.8, 4) is 5.75 Å². The molecule has 1 saturated carbocycles. The molecule has 0 bridgehead atoms. The van der Waals surface area contributed by atoms with Gasteiger partial charge in [-0.25, -0.2) is 9.55 Å². The van der Waals surface area contributed by atoms with Crippen molar-refractivity contribution in [1.29, 1.82) is 0 Å². The van der Waals surface area contributed by atoms with Gasteiger partial charge in [-0.3, -0.25) is 13.9 Å². The predicted molar refractivity (Wildman–Crippen MR) is 149 cm³/mol. The molecule has 0 radical (unpaired) electrons. The highest BCUT2D eigenvalue weighted by atomic mass is 31.2. The summed E-state index contributed by atoms with van der Waals surface area (Å²) in [6.07, 6.45) is 4.13. The standard InChI is InChI=1S/C26H36N7O6P/c1-16(2)37-25(34)17(3)31-40(35,39-19-8-6-5-7-9-19)36-14-20-12-13-21(38-20)33-15-28-22-23(32(4)18-10-11-18)29-26(27)30-24(22)33/h5-9,15-18,20-21H,10-14H2,1-4H3,(H,31,35)(H2,27,29,30)/t17-,20-,21+,40?/m0/s1. The van der Waals surface area contributed by atoms with Crippen molar-refractivity contribution >= 4 is 36.6 Å². The van der Waals surface area contributed by atoms with Crippen LogP contribution in [0.25, 0.3) is 11.2 Å². The topological polar surface area (TPSA) is 156 Å². The van der Waals surface area contributed by atoms with E-state index in [9.17, 15) is 9.36 Å². The van der Waals surface area contributed by atoms with Crippen LogP contribution in [0.15, 0.2) is 36.7 Å². The lowest BCUT2D eigenvalue weighted by molar-refractivity contribution is -0.149. The monoisotopic (exact) mass is 573 g/mol. The van der Waals surface area contributed by atoms with E-state index in [2.05, 4.69) is 24.9 Å². The van der Waals surface area contributed by atoms with Crippen molar-refractivity contribution in [2.45, 2.75) is 77.0 Å². The lowest BCUT2D eigenvalue weighted by atomic mass is 10.2. The first-order valence-corrected chi connectivity index (χ1v) is 15.0. The number of nitrogens with one attached hydrogen (secondary N) is 1. The molecule has 4 atom stereocenters. The molecule has 2 aliphatic rings. The molecular formula is C26H36N7O6P. The quantitative estimate of drug-likeness (QED) is 0.239. The first-order chi connectivity index (χ1) is 19.1. The number of rotatable bonds is 12. The van der Waals surface area contributed by atoms with Crippen LogP contribution in [0.4, 0.5) is 11.8 Å². The van der Waals surface area contributed by atoms with Crippen LogP contribution in [-0.2, 0) is 23.4 Å². The van der Waals surface area contributed by atoms with E-state index in [1.807, 2.05) is 17.7 Å². The van der Waals surface area contributed by atoms with E-state index in [0.29, 0.717) is 41.6 Å². The number of anilines is 2. The summed E-state index contributed by atoms with van der Waals surface area (Å²) < 4.78 is 38.6. The maximum absolute atomic E-state index is 13.8. The largest absolute Gasteiger partial charge is 0.462 e. The third-order valence-electron chi connectivity index (χ3n) is 6.70. The summed E-state index contributed by atoms with van der Waals surface area (Å²) in [6, 6.07) is 8.13. The first-order valence-electron chi connectivity index (χ1n) is 13.5. The summed E-state index contributed by atoms with van der Waals surface area (Å²) in [5.74, 6) is 0.649. The number of ether oxygens (including phenoxy) is 2. The van der Waals surface area contributed by atoms with Crippen LogP contribution in [0, 0.1) is 0 Å². The molecule has 1 unspecified atom stereocenters. The Labute approximate surface area is 232 Å². The Kier molecular flexibility index (Phi) is 8.27. The highest BCUT2D eigenvalue weighted by Crippen LogP contribution is 2.46. The number of hydrogen-bond donors (Lipinski definition) is 2. The number of hydrogen-bond acceptors (Lipinski definition) is 11. The molecule has 40 heavy (non-hydrogen) atoms. The van der Waals surface area contributed by atoms with Gasteiger partial charge in [-0.2, -0.15) is 15.1 Å². The SMILES string of the molecule is CC(C)OC(=O)[C@H](C)NP(=O)(OC[C@@H]1CC[C@H](n2cnc3c(N(C)C4CC4)nc(N)nc32)O1)Oc1ccccc1. The fraction of sp³-hybridized carbons (Fsp3) is 0.538. The fourth-order valence-corrected chi connectivity index (χ4v) is 6.06. The molecule has 216 valence electrons. The van der Waals surface area contributed by atoms with Gasteiger partial charge in [-0.15, -0.1) is 0 Å². The number of fused-ring (bicyclic) bond motifs is 1. The number of nitrogens with two attached hydrogens (primary N) is 1. The van der Waals surface area contributed by atoms with Gasteiger partial charge in [-0.1, -0.05) is 18.2 Å². The normalized spacial score (nSPS) is 21.3. The predicted octanol–water partition coefficient (Wildman–Crippen LogP) is 3.82. The minimum atomic E-state index is -3.99. The molecule has 0 amide bonds. The molecule has 5 rings (SSSR count). The number of para-hydroxylation sites is 1. The highest BCUT2D eigenvalue weighted by molar-refractivity contribution is 7.52. The molecule has 1 aliphatic heterocycles. The Balaban J connectivity index is 1.27. The van der Waals surface area contributed by atoms with Crippen molar-refractivity contribution in [2.24, 2.45) is 0 Å². The molecule has 13 nitrogen and oxygen atoms in total. The Morgan fingerprint density at radius 3 is 2.65 bits per heavy atom. The summed E-state index contributed by atoms with van der Waals surface area (Å²) in [4.78, 5) is 27.9. The third kappa shape index (κ3) is 6.55. The zero-order valence-electron chi connectivity index (χ0n) is 23.1. The lowest BCUT2D eigenvalue weighted by Gasteiger charge is -2.24. The second-order valence-corrected chi connectivity index (χ2v) is 12.1. The molecule has 3 N–H and O–H groups in total. The van der Waals surface area contributed by atoms with E-state index < -0.39 is 19.8 Å². The zero-order valence-corrected chi connectivity index (χ0v) is 24.0. The number of nitrogens with zero attached hydrogens (tertiary/aromatic N) is 5. The van der Waals surface area contributed by atoms with Gasteiger partial charge in [0.25, 0.3) is 0 Å². The summed E-state index contributed by atoms with van der Waals surface area (Å²) in [5.41, 5.74) is 7.31. The minimum Gasteiger partial charge on any atom is -0.462 e. The fourth-order valence-electron chi connectivity index (χ4n) is 4.54. The summed E-state index contributed by atoms with van der Waals surface area (Å²) in [6.45, 7) is 5.00. The molecule has 3 aromatic rings.